The van der Waals surface area contributed by atoms with Crippen molar-refractivity contribution in [2.24, 2.45) is 5.92 Å². The Morgan fingerprint density at radius 2 is 1.84 bits per heavy atom. The Morgan fingerprint density at radius 3 is 2.49 bits per heavy atom. The number of unbranched alkanes of at least 4 members (excludes halogenated alkanes) is 1. The third-order valence-electron chi connectivity index (χ3n) is 8.38. The van der Waals surface area contributed by atoms with Gasteiger partial charge in [-0.25, -0.2) is 4.98 Å². The van der Waals surface area contributed by atoms with Crippen LogP contribution in [0.3, 0.4) is 0 Å². The molecule has 7 nitrogen and oxygen atoms in total. The zero-order chi connectivity index (χ0) is 31.2. The lowest BCUT2D eigenvalue weighted by molar-refractivity contribution is -0.140. The number of aromatic nitrogens is 1. The van der Waals surface area contributed by atoms with Crippen molar-refractivity contribution in [3.63, 3.8) is 0 Å². The average Bonchev–Trinajstić information content (AvgIpc) is 3.47. The number of thiazole rings is 1. The van der Waals surface area contributed by atoms with E-state index >= 15 is 0 Å². The van der Waals surface area contributed by atoms with Crippen LogP contribution in [0.4, 0.5) is 5.00 Å². The van der Waals surface area contributed by atoms with Crippen molar-refractivity contribution in [2.75, 3.05) is 25.5 Å². The Bertz CT molecular complexity index is 1200. The second-order valence-corrected chi connectivity index (χ2v) is 12.8. The highest BCUT2D eigenvalue weighted by Gasteiger charge is 2.36. The fraction of sp³-hybridized carbons (Fsp3) is 0.571. The maximum Gasteiger partial charge on any atom is 0.245 e. The first-order chi connectivity index (χ1) is 20.8. The first-order valence-corrected chi connectivity index (χ1v) is 17.0. The number of anilines is 1. The molecule has 8 heteroatoms. The summed E-state index contributed by atoms with van der Waals surface area (Å²) in [6.45, 7) is 11.6. The molecule has 1 fully saturated rings. The molecule has 0 aliphatic heterocycles. The van der Waals surface area contributed by atoms with Gasteiger partial charge in [0.15, 0.2) is 0 Å². The molecule has 236 valence electrons. The van der Waals surface area contributed by atoms with Crippen molar-refractivity contribution in [3.05, 3.63) is 54.3 Å². The monoisotopic (exact) mass is 607 g/mol. The van der Waals surface area contributed by atoms with Gasteiger partial charge >= 0.3 is 0 Å². The van der Waals surface area contributed by atoms with Crippen LogP contribution in [-0.4, -0.2) is 60.0 Å². The molecule has 2 unspecified atom stereocenters. The topological polar surface area (TPSA) is 86.4 Å². The lowest BCUT2D eigenvalue weighted by Crippen LogP contribution is -2.58. The van der Waals surface area contributed by atoms with E-state index in [1.54, 1.807) is 18.4 Å². The minimum atomic E-state index is -0.498. The molecule has 43 heavy (non-hydrogen) atoms. The number of benzene rings is 1. The van der Waals surface area contributed by atoms with E-state index in [1.165, 1.54) is 6.42 Å². The second-order valence-electron chi connectivity index (χ2n) is 11.8. The van der Waals surface area contributed by atoms with Crippen molar-refractivity contribution in [2.45, 2.75) is 104 Å². The van der Waals surface area contributed by atoms with E-state index in [0.717, 1.165) is 71.8 Å². The van der Waals surface area contributed by atoms with Crippen LogP contribution in [0.5, 0.6) is 0 Å². The van der Waals surface area contributed by atoms with E-state index in [9.17, 15) is 9.59 Å². The van der Waals surface area contributed by atoms with Gasteiger partial charge < -0.3 is 20.9 Å². The third-order valence-corrected chi connectivity index (χ3v) is 9.44. The fourth-order valence-electron chi connectivity index (χ4n) is 5.50. The Kier molecular flexibility index (Phi) is 14.4. The molecule has 1 aromatic heterocycles. The van der Waals surface area contributed by atoms with Crippen LogP contribution in [0.1, 0.15) is 91.7 Å². The third kappa shape index (κ3) is 10.0. The molecule has 0 radical (unpaired) electrons. The van der Waals surface area contributed by atoms with Crippen LogP contribution in [0.15, 0.2) is 48.6 Å². The Labute approximate surface area is 263 Å². The summed E-state index contributed by atoms with van der Waals surface area (Å²) in [6.07, 6.45) is 14.6. The first-order valence-electron chi connectivity index (χ1n) is 16.2. The number of rotatable bonds is 16. The average molecular weight is 608 g/mol. The maximum absolute atomic E-state index is 14.3. The summed E-state index contributed by atoms with van der Waals surface area (Å²) in [5, 5.41) is 11.8. The van der Waals surface area contributed by atoms with Crippen molar-refractivity contribution in [1.29, 1.82) is 0 Å². The first kappa shape index (κ1) is 34.5. The summed E-state index contributed by atoms with van der Waals surface area (Å²) in [4.78, 5) is 34.3. The van der Waals surface area contributed by atoms with Gasteiger partial charge in [0.1, 0.15) is 21.7 Å². The molecule has 1 aromatic carbocycles. The van der Waals surface area contributed by atoms with Gasteiger partial charge in [-0.3, -0.25) is 9.59 Å². The molecule has 3 atom stereocenters. The number of carbonyl (C=O) groups excluding carboxylic acids is 2. The second kappa shape index (κ2) is 18.0. The number of hydrogen-bond acceptors (Lipinski definition) is 6. The number of carbonyl (C=O) groups is 2. The molecular weight excluding hydrogens is 554 g/mol. The zero-order valence-corrected chi connectivity index (χ0v) is 27.9. The van der Waals surface area contributed by atoms with Crippen molar-refractivity contribution in [3.8, 4) is 10.6 Å². The highest BCUT2D eigenvalue weighted by Crippen LogP contribution is 2.36. The van der Waals surface area contributed by atoms with Gasteiger partial charge in [-0.05, 0) is 65.0 Å². The van der Waals surface area contributed by atoms with Crippen LogP contribution < -0.4 is 16.0 Å². The predicted octanol–water partition coefficient (Wildman–Crippen LogP) is 7.28. The molecule has 2 amide bonds. The van der Waals surface area contributed by atoms with Crippen LogP contribution in [0, 0.1) is 5.92 Å². The van der Waals surface area contributed by atoms with Crippen molar-refractivity contribution < 1.29 is 9.59 Å². The van der Waals surface area contributed by atoms with Crippen LogP contribution in [0.2, 0.25) is 0 Å². The molecule has 3 N–H and O–H groups in total. The van der Waals surface area contributed by atoms with E-state index in [2.05, 4.69) is 74.0 Å². The normalized spacial score (nSPS) is 16.6. The summed E-state index contributed by atoms with van der Waals surface area (Å²) in [7, 11) is 1.77. The van der Waals surface area contributed by atoms with Gasteiger partial charge in [-0.2, -0.15) is 0 Å². The quantitative estimate of drug-likeness (QED) is 0.175. The highest BCUT2D eigenvalue weighted by molar-refractivity contribution is 7.19. The molecule has 0 spiro atoms. The summed E-state index contributed by atoms with van der Waals surface area (Å²) in [6, 6.07) is 9.35. The van der Waals surface area contributed by atoms with Gasteiger partial charge in [0, 0.05) is 24.7 Å². The number of likely N-dealkylation sites (N-methyl/N-ethyl adjacent to an activating group) is 1. The van der Waals surface area contributed by atoms with Crippen LogP contribution in [-0.2, 0) is 9.59 Å². The molecule has 0 saturated heterocycles. The van der Waals surface area contributed by atoms with Gasteiger partial charge in [-0.15, -0.1) is 0 Å². The standard InChI is InChI=1S/C35H53N5O2S/c1-7-9-13-18-25(3)30-34(43-33(39-30)29-21-16-12-17-22-29)37-24-26(4)40(23-10-8-2)35(42)31(28-19-14-11-15-20-28)38-32(41)27(5)36-6/h9,12-13,16-18,21-22,26-28,31,36-37H,7-8,10-11,14-15,19-20,23-24H2,1-6H3,(H,38,41)/b13-9-,25-18+/t26?,27-,31?/m0/s1. The lowest BCUT2D eigenvalue weighted by atomic mass is 9.83. The maximum atomic E-state index is 14.3. The molecule has 1 aliphatic carbocycles. The van der Waals surface area contributed by atoms with Gasteiger partial charge in [0.25, 0.3) is 0 Å². The number of nitrogens with zero attached hydrogens (tertiary/aromatic N) is 2. The van der Waals surface area contributed by atoms with Crippen molar-refractivity contribution in [1.82, 2.24) is 20.5 Å². The number of nitrogens with one attached hydrogen (secondary N) is 3. The minimum absolute atomic E-state index is 0.0431. The molecule has 0 bridgehead atoms. The number of hydrogen-bond donors (Lipinski definition) is 3. The highest BCUT2D eigenvalue weighted by atomic mass is 32.1. The van der Waals surface area contributed by atoms with E-state index in [1.807, 2.05) is 30.0 Å². The SMILES string of the molecule is CC/C=C\C=C(/C)c1nc(-c2ccccc2)sc1NCC(C)N(CCCC)C(=O)C(NC(=O)[C@H](C)NC)C1CCCCC1. The zero-order valence-electron chi connectivity index (χ0n) is 27.1. The summed E-state index contributed by atoms with van der Waals surface area (Å²) >= 11 is 1.65. The van der Waals surface area contributed by atoms with E-state index < -0.39 is 6.04 Å². The molecule has 1 saturated carbocycles. The molecular formula is C35H53N5O2S. The number of allylic oxidation sites excluding steroid dienone is 4. The molecule has 2 aromatic rings. The summed E-state index contributed by atoms with van der Waals surface area (Å²) < 4.78 is 0. The van der Waals surface area contributed by atoms with Crippen molar-refractivity contribution >= 4 is 33.7 Å². The van der Waals surface area contributed by atoms with Crippen LogP contribution >= 0.6 is 11.3 Å². The summed E-state index contributed by atoms with van der Waals surface area (Å²) in [5.41, 5.74) is 3.13. The molecule has 1 heterocycles. The summed E-state index contributed by atoms with van der Waals surface area (Å²) in [5.74, 6) is 0.0976. The van der Waals surface area contributed by atoms with Gasteiger partial charge in [0.2, 0.25) is 11.8 Å². The number of amides is 2. The van der Waals surface area contributed by atoms with E-state index in [-0.39, 0.29) is 29.8 Å². The smallest absolute Gasteiger partial charge is 0.245 e. The Morgan fingerprint density at radius 1 is 1.12 bits per heavy atom. The van der Waals surface area contributed by atoms with Gasteiger partial charge in [0.05, 0.1) is 6.04 Å². The van der Waals surface area contributed by atoms with E-state index in [0.29, 0.717) is 13.1 Å². The predicted molar refractivity (Wildman–Crippen MR) is 182 cm³/mol. The Balaban J connectivity index is 1.86. The van der Waals surface area contributed by atoms with E-state index in [4.69, 9.17) is 4.98 Å². The Hall–Kier alpha value is -2.97. The largest absolute Gasteiger partial charge is 0.373 e. The molecule has 1 aliphatic rings. The lowest BCUT2D eigenvalue weighted by Gasteiger charge is -2.37. The van der Waals surface area contributed by atoms with Gasteiger partial charge in [-0.1, -0.05) is 99.4 Å². The van der Waals surface area contributed by atoms with Crippen LogP contribution in [0.25, 0.3) is 16.1 Å². The molecule has 3 rings (SSSR count). The fourth-order valence-corrected chi connectivity index (χ4v) is 6.55. The minimum Gasteiger partial charge on any atom is -0.373 e.